The summed E-state index contributed by atoms with van der Waals surface area (Å²) >= 11 is 7.00. The zero-order valence-electron chi connectivity index (χ0n) is 17.2. The van der Waals surface area contributed by atoms with E-state index in [4.69, 9.17) is 12.2 Å². The topological polar surface area (TPSA) is 61.9 Å². The van der Waals surface area contributed by atoms with Crippen LogP contribution >= 0.6 is 24.0 Å². The molecule has 31 heavy (non-hydrogen) atoms. The fourth-order valence-corrected chi connectivity index (χ4v) is 4.05. The van der Waals surface area contributed by atoms with E-state index in [-0.39, 0.29) is 11.0 Å². The Morgan fingerprint density at radius 1 is 1.06 bits per heavy atom. The van der Waals surface area contributed by atoms with Crippen LogP contribution in [-0.2, 0) is 6.54 Å². The molecule has 1 aromatic heterocycles. The molecule has 2 N–H and O–H groups in total. The first-order valence-corrected chi connectivity index (χ1v) is 11.4. The van der Waals surface area contributed by atoms with Crippen LogP contribution in [0.1, 0.15) is 11.1 Å². The molecule has 0 radical (unpaired) electrons. The van der Waals surface area contributed by atoms with Crippen molar-refractivity contribution in [2.75, 3.05) is 11.6 Å². The second-order valence-electron chi connectivity index (χ2n) is 7.06. The van der Waals surface area contributed by atoms with Crippen LogP contribution in [0.5, 0.6) is 5.88 Å². The van der Waals surface area contributed by atoms with Crippen LogP contribution < -0.4 is 5.32 Å². The zero-order valence-corrected chi connectivity index (χ0v) is 18.9. The Bertz CT molecular complexity index is 1280. The lowest BCUT2D eigenvalue weighted by Gasteiger charge is -2.09. The monoisotopic (exact) mass is 446 g/mol. The molecule has 0 atom stereocenters. The van der Waals surface area contributed by atoms with E-state index in [9.17, 15) is 5.11 Å². The number of nitrogens with one attached hydrogen (secondary N) is 1. The predicted octanol–water partition coefficient (Wildman–Crippen LogP) is 6.91. The first-order chi connectivity index (χ1) is 15.1. The standard InChI is InChI=1S/C24H22N4OS2/c1-16-8-3-4-9-17(16)15-28-21-13-6-5-12-20(21)22(23(28)29)26-27-24(30)25-18-10-7-11-19(14-18)31-2/h3-14,29H,15H2,1-2H3,(H,25,30). The van der Waals surface area contributed by atoms with E-state index in [1.807, 2.05) is 71.5 Å². The van der Waals surface area contributed by atoms with Crippen LogP contribution in [0.15, 0.2) is 87.9 Å². The Balaban J connectivity index is 1.64. The first kappa shape index (κ1) is 21.1. The van der Waals surface area contributed by atoms with Crippen LogP contribution in [0.2, 0.25) is 0 Å². The summed E-state index contributed by atoms with van der Waals surface area (Å²) in [4.78, 5) is 1.13. The highest BCUT2D eigenvalue weighted by molar-refractivity contribution is 7.98. The van der Waals surface area contributed by atoms with Gasteiger partial charge in [0.1, 0.15) is 0 Å². The smallest absolute Gasteiger partial charge is 0.221 e. The van der Waals surface area contributed by atoms with Gasteiger partial charge in [-0.2, -0.15) is 0 Å². The van der Waals surface area contributed by atoms with Gasteiger partial charge < -0.3 is 15.0 Å². The van der Waals surface area contributed by atoms with E-state index >= 15 is 0 Å². The third-order valence-electron chi connectivity index (χ3n) is 5.07. The highest BCUT2D eigenvalue weighted by Gasteiger charge is 2.17. The summed E-state index contributed by atoms with van der Waals surface area (Å²) < 4.78 is 1.85. The van der Waals surface area contributed by atoms with Crippen molar-refractivity contribution >= 4 is 51.4 Å². The van der Waals surface area contributed by atoms with Crippen LogP contribution in [-0.4, -0.2) is 21.0 Å². The fraction of sp³-hybridized carbons (Fsp3) is 0.125. The Morgan fingerprint density at radius 3 is 2.65 bits per heavy atom. The van der Waals surface area contributed by atoms with Gasteiger partial charge >= 0.3 is 0 Å². The van der Waals surface area contributed by atoms with Gasteiger partial charge in [-0.15, -0.1) is 22.0 Å². The van der Waals surface area contributed by atoms with Crippen molar-refractivity contribution < 1.29 is 5.11 Å². The van der Waals surface area contributed by atoms with Gasteiger partial charge in [0, 0.05) is 16.0 Å². The van der Waals surface area contributed by atoms with Crippen LogP contribution in [0.3, 0.4) is 0 Å². The minimum Gasteiger partial charge on any atom is -0.493 e. The number of hydrogen-bond donors (Lipinski definition) is 2. The Hall–Kier alpha value is -3.16. The molecule has 7 heteroatoms. The summed E-state index contributed by atoms with van der Waals surface area (Å²) in [5.41, 5.74) is 4.45. The maximum absolute atomic E-state index is 11.0. The van der Waals surface area contributed by atoms with Gasteiger partial charge in [0.05, 0.1) is 12.1 Å². The van der Waals surface area contributed by atoms with Crippen molar-refractivity contribution in [1.82, 2.24) is 4.57 Å². The number of hydrogen-bond acceptors (Lipinski definition) is 4. The van der Waals surface area contributed by atoms with Gasteiger partial charge in [-0.3, -0.25) is 0 Å². The van der Waals surface area contributed by atoms with Crippen molar-refractivity contribution in [3.63, 3.8) is 0 Å². The number of nitrogens with zero attached hydrogens (tertiary/aromatic N) is 3. The number of aryl methyl sites for hydroxylation is 1. The van der Waals surface area contributed by atoms with E-state index in [2.05, 4.69) is 34.6 Å². The maximum Gasteiger partial charge on any atom is 0.221 e. The van der Waals surface area contributed by atoms with Crippen molar-refractivity contribution in [3.8, 4) is 5.88 Å². The summed E-state index contributed by atoms with van der Waals surface area (Å²) in [5, 5.41) is 23.6. The lowest BCUT2D eigenvalue weighted by Crippen LogP contribution is -2.04. The lowest BCUT2D eigenvalue weighted by molar-refractivity contribution is 0.429. The fourth-order valence-electron chi connectivity index (χ4n) is 3.43. The molecule has 0 fully saturated rings. The number of benzene rings is 3. The summed E-state index contributed by atoms with van der Waals surface area (Å²) in [7, 11) is 0. The van der Waals surface area contributed by atoms with Gasteiger partial charge in [-0.25, -0.2) is 0 Å². The van der Waals surface area contributed by atoms with Gasteiger partial charge in [0.2, 0.25) is 11.0 Å². The number of fused-ring (bicyclic) bond motifs is 1. The normalized spacial score (nSPS) is 11.3. The van der Waals surface area contributed by atoms with E-state index < -0.39 is 0 Å². The summed E-state index contributed by atoms with van der Waals surface area (Å²) in [6.07, 6.45) is 2.02. The number of para-hydroxylation sites is 1. The number of thioether (sulfide) groups is 1. The molecule has 0 aliphatic heterocycles. The molecule has 156 valence electrons. The molecule has 4 aromatic rings. The number of anilines is 1. The molecule has 0 aliphatic rings. The second-order valence-corrected chi connectivity index (χ2v) is 8.33. The third-order valence-corrected chi connectivity index (χ3v) is 5.98. The van der Waals surface area contributed by atoms with E-state index in [0.29, 0.717) is 12.2 Å². The zero-order chi connectivity index (χ0) is 21.8. The van der Waals surface area contributed by atoms with Crippen molar-refractivity contribution in [2.45, 2.75) is 18.4 Å². The average Bonchev–Trinajstić information content (AvgIpc) is 3.05. The molecule has 3 aromatic carbocycles. The van der Waals surface area contributed by atoms with Crippen molar-refractivity contribution in [1.29, 1.82) is 0 Å². The van der Waals surface area contributed by atoms with Crippen molar-refractivity contribution in [2.24, 2.45) is 10.2 Å². The van der Waals surface area contributed by atoms with Gasteiger partial charge in [-0.05, 0) is 60.8 Å². The Morgan fingerprint density at radius 2 is 1.84 bits per heavy atom. The lowest BCUT2D eigenvalue weighted by atomic mass is 10.1. The van der Waals surface area contributed by atoms with Gasteiger partial charge in [0.15, 0.2) is 5.69 Å². The highest BCUT2D eigenvalue weighted by Crippen LogP contribution is 2.39. The highest BCUT2D eigenvalue weighted by atomic mass is 32.2. The molecule has 5 nitrogen and oxygen atoms in total. The third kappa shape index (κ3) is 4.62. The molecule has 0 saturated heterocycles. The first-order valence-electron chi connectivity index (χ1n) is 9.78. The molecule has 4 rings (SSSR count). The molecule has 0 bridgehead atoms. The van der Waals surface area contributed by atoms with Crippen LogP contribution in [0, 0.1) is 6.92 Å². The van der Waals surface area contributed by atoms with Gasteiger partial charge in [0.25, 0.3) is 0 Å². The summed E-state index contributed by atoms with van der Waals surface area (Å²) in [5.74, 6) is 0.0698. The molecule has 0 amide bonds. The molecule has 0 spiro atoms. The SMILES string of the molecule is CSc1cccc(NC(=S)N=Nc2c(O)n(Cc3ccccc3C)c3ccccc23)c1. The summed E-state index contributed by atoms with van der Waals surface area (Å²) in [6.45, 7) is 2.60. The molecule has 0 unspecified atom stereocenters. The van der Waals surface area contributed by atoms with Crippen molar-refractivity contribution in [3.05, 3.63) is 83.9 Å². The number of thiocarbonyl (C=S) groups is 1. The van der Waals surface area contributed by atoms with E-state index in [0.717, 1.165) is 27.0 Å². The van der Waals surface area contributed by atoms with E-state index in [1.165, 1.54) is 5.56 Å². The minimum absolute atomic E-state index is 0.0698. The Kier molecular flexibility index (Phi) is 6.34. The summed E-state index contributed by atoms with van der Waals surface area (Å²) in [6, 6.07) is 23.8. The van der Waals surface area contributed by atoms with E-state index in [1.54, 1.807) is 11.8 Å². The molecular formula is C24H22N4OS2. The average molecular weight is 447 g/mol. The largest absolute Gasteiger partial charge is 0.493 e. The molecule has 0 saturated carbocycles. The van der Waals surface area contributed by atoms with Gasteiger partial charge in [-0.1, -0.05) is 48.5 Å². The predicted molar refractivity (Wildman–Crippen MR) is 133 cm³/mol. The molecule has 1 heterocycles. The van der Waals surface area contributed by atoms with Crippen LogP contribution in [0.4, 0.5) is 11.4 Å². The van der Waals surface area contributed by atoms with Crippen LogP contribution in [0.25, 0.3) is 10.9 Å². The quantitative estimate of drug-likeness (QED) is 0.199. The Labute approximate surface area is 190 Å². The molecule has 0 aliphatic carbocycles. The number of aromatic nitrogens is 1. The molecular weight excluding hydrogens is 424 g/mol. The minimum atomic E-state index is 0.0698. The number of aromatic hydroxyl groups is 1. The maximum atomic E-state index is 11.0. The second kappa shape index (κ2) is 9.32. The number of rotatable bonds is 5. The number of azo groups is 1.